The molecule has 0 aromatic heterocycles. The van der Waals surface area contributed by atoms with E-state index >= 15 is 0 Å². The van der Waals surface area contributed by atoms with E-state index < -0.39 is 19.3 Å². The predicted molar refractivity (Wildman–Crippen MR) is 66.1 cm³/mol. The fourth-order valence-corrected chi connectivity index (χ4v) is 5.33. The predicted octanol–water partition coefficient (Wildman–Crippen LogP) is 2.14. The minimum atomic E-state index is -3.21. The van der Waals surface area contributed by atoms with Crippen LogP contribution in [0.1, 0.15) is 53.9 Å². The molecule has 1 saturated carbocycles. The lowest BCUT2D eigenvalue weighted by atomic mass is 9.89. The van der Waals surface area contributed by atoms with Crippen molar-refractivity contribution in [3.8, 4) is 0 Å². The second-order valence-electron chi connectivity index (χ2n) is 6.48. The number of aliphatic hydroxyl groups excluding tert-OH is 1. The van der Waals surface area contributed by atoms with E-state index in [2.05, 4.69) is 0 Å². The van der Waals surface area contributed by atoms with Crippen molar-refractivity contribution >= 4 is 9.84 Å². The maximum atomic E-state index is 12.7. The second-order valence-corrected chi connectivity index (χ2v) is 9.37. The fraction of sp³-hybridized carbons (Fsp3) is 1.00. The Hall–Kier alpha value is -0.0900. The molecule has 0 atom stereocenters. The first-order chi connectivity index (χ1) is 7.02. The minimum Gasteiger partial charge on any atom is -0.396 e. The van der Waals surface area contributed by atoms with Gasteiger partial charge in [-0.15, -0.1) is 0 Å². The van der Waals surface area contributed by atoms with Crippen molar-refractivity contribution in [1.82, 2.24) is 0 Å². The van der Waals surface area contributed by atoms with Crippen LogP contribution in [0.15, 0.2) is 0 Å². The van der Waals surface area contributed by atoms with Gasteiger partial charge in [0.25, 0.3) is 0 Å². The Morgan fingerprint density at radius 2 is 1.56 bits per heavy atom. The van der Waals surface area contributed by atoms with Crippen molar-refractivity contribution in [2.24, 2.45) is 5.41 Å². The van der Waals surface area contributed by atoms with Crippen molar-refractivity contribution in [2.45, 2.75) is 63.4 Å². The van der Waals surface area contributed by atoms with Gasteiger partial charge in [0.05, 0.1) is 9.49 Å². The highest BCUT2D eigenvalue weighted by Gasteiger charge is 2.65. The summed E-state index contributed by atoms with van der Waals surface area (Å²) in [5.41, 5.74) is -0.224. The van der Waals surface area contributed by atoms with E-state index in [-0.39, 0.29) is 12.0 Å². The number of sulfone groups is 1. The molecule has 0 unspecified atom stereocenters. The van der Waals surface area contributed by atoms with Crippen molar-refractivity contribution in [2.75, 3.05) is 6.61 Å². The Kier molecular flexibility index (Phi) is 3.23. The van der Waals surface area contributed by atoms with Crippen LogP contribution >= 0.6 is 0 Å². The van der Waals surface area contributed by atoms with Crippen LogP contribution in [-0.2, 0) is 9.84 Å². The van der Waals surface area contributed by atoms with Gasteiger partial charge in [0, 0.05) is 6.61 Å². The molecule has 0 heterocycles. The van der Waals surface area contributed by atoms with Crippen LogP contribution < -0.4 is 0 Å². The highest BCUT2D eigenvalue weighted by Crippen LogP contribution is 2.58. The average molecular weight is 248 g/mol. The van der Waals surface area contributed by atoms with Crippen molar-refractivity contribution < 1.29 is 13.5 Å². The largest absolute Gasteiger partial charge is 0.396 e. The minimum absolute atomic E-state index is 0.0769. The summed E-state index contributed by atoms with van der Waals surface area (Å²) in [5, 5.41) is 8.99. The van der Waals surface area contributed by atoms with Gasteiger partial charge < -0.3 is 5.11 Å². The lowest BCUT2D eigenvalue weighted by Crippen LogP contribution is -2.48. The molecule has 3 nitrogen and oxygen atoms in total. The first-order valence-electron chi connectivity index (χ1n) is 5.87. The molecule has 0 spiro atoms. The maximum absolute atomic E-state index is 12.7. The van der Waals surface area contributed by atoms with E-state index in [9.17, 15) is 8.42 Å². The molecule has 1 N–H and O–H groups in total. The second kappa shape index (κ2) is 3.70. The quantitative estimate of drug-likeness (QED) is 0.829. The van der Waals surface area contributed by atoms with Crippen LogP contribution in [-0.4, -0.2) is 29.6 Å². The van der Waals surface area contributed by atoms with Gasteiger partial charge in [0.2, 0.25) is 0 Å². The third-order valence-corrected chi connectivity index (χ3v) is 7.74. The molecule has 16 heavy (non-hydrogen) atoms. The molecular weight excluding hydrogens is 224 g/mol. The Morgan fingerprint density at radius 3 is 1.81 bits per heavy atom. The van der Waals surface area contributed by atoms with Gasteiger partial charge in [-0.2, -0.15) is 0 Å². The smallest absolute Gasteiger partial charge is 0.161 e. The van der Waals surface area contributed by atoms with Crippen molar-refractivity contribution in [1.29, 1.82) is 0 Å². The number of hydrogen-bond acceptors (Lipinski definition) is 3. The zero-order chi connectivity index (χ0) is 12.8. The van der Waals surface area contributed by atoms with Gasteiger partial charge in [0.1, 0.15) is 0 Å². The van der Waals surface area contributed by atoms with Crippen molar-refractivity contribution in [3.05, 3.63) is 0 Å². The van der Waals surface area contributed by atoms with Gasteiger partial charge >= 0.3 is 0 Å². The summed E-state index contributed by atoms with van der Waals surface area (Å²) < 4.78 is 23.9. The van der Waals surface area contributed by atoms with E-state index in [1.165, 1.54) is 0 Å². The number of aliphatic hydroxyl groups is 1. The summed E-state index contributed by atoms with van der Waals surface area (Å²) >= 11 is 0. The number of rotatable bonds is 4. The molecule has 0 aromatic carbocycles. The molecule has 1 fully saturated rings. The van der Waals surface area contributed by atoms with E-state index in [0.29, 0.717) is 6.42 Å². The summed E-state index contributed by atoms with van der Waals surface area (Å²) in [6.07, 6.45) is 1.83. The summed E-state index contributed by atoms with van der Waals surface area (Å²) in [6, 6.07) is 0. The van der Waals surface area contributed by atoms with E-state index in [1.54, 1.807) is 13.8 Å². The maximum Gasteiger partial charge on any atom is 0.161 e. The van der Waals surface area contributed by atoms with Crippen LogP contribution in [0.4, 0.5) is 0 Å². The van der Waals surface area contributed by atoms with E-state index in [4.69, 9.17) is 5.11 Å². The third kappa shape index (κ3) is 1.80. The zero-order valence-electron chi connectivity index (χ0n) is 11.0. The SMILES string of the molecule is CC(C)(C)C1(S(=O)(=O)C(C)(C)CCO)CC1. The Balaban J connectivity index is 3.14. The van der Waals surface area contributed by atoms with Gasteiger partial charge in [0.15, 0.2) is 9.84 Å². The topological polar surface area (TPSA) is 54.4 Å². The summed E-state index contributed by atoms with van der Waals surface area (Å²) in [5.74, 6) is 0. The molecule has 0 saturated heterocycles. The molecule has 1 aliphatic carbocycles. The summed E-state index contributed by atoms with van der Waals surface area (Å²) in [7, 11) is -3.21. The monoisotopic (exact) mass is 248 g/mol. The van der Waals surface area contributed by atoms with Gasteiger partial charge in [-0.25, -0.2) is 8.42 Å². The van der Waals surface area contributed by atoms with Gasteiger partial charge in [-0.1, -0.05) is 20.8 Å². The molecule has 0 radical (unpaired) electrons. The Bertz CT molecular complexity index is 356. The first-order valence-corrected chi connectivity index (χ1v) is 7.35. The molecule has 1 aliphatic rings. The standard InChI is InChI=1S/C12H24O3S/c1-10(2,3)12(6-7-12)16(14,15)11(4,5)8-9-13/h13H,6-9H2,1-5H3. The highest BCUT2D eigenvalue weighted by atomic mass is 32.2. The van der Waals surface area contributed by atoms with Gasteiger partial charge in [-0.3, -0.25) is 0 Å². The fourth-order valence-electron chi connectivity index (χ4n) is 2.47. The molecule has 0 aliphatic heterocycles. The lowest BCUT2D eigenvalue weighted by Gasteiger charge is -2.37. The van der Waals surface area contributed by atoms with Crippen LogP contribution in [0, 0.1) is 5.41 Å². The van der Waals surface area contributed by atoms with E-state index in [1.807, 2.05) is 20.8 Å². The van der Waals surface area contributed by atoms with Crippen molar-refractivity contribution in [3.63, 3.8) is 0 Å². The average Bonchev–Trinajstić information content (AvgIpc) is 2.80. The molecule has 0 aromatic rings. The number of hydrogen-bond donors (Lipinski definition) is 1. The summed E-state index contributed by atoms with van der Waals surface area (Å²) in [6.45, 7) is 9.35. The van der Waals surface area contributed by atoms with Crippen LogP contribution in [0.5, 0.6) is 0 Å². The molecule has 96 valence electrons. The third-order valence-electron chi connectivity index (χ3n) is 4.03. The lowest BCUT2D eigenvalue weighted by molar-refractivity contribution is 0.268. The molecule has 1 rings (SSSR count). The van der Waals surface area contributed by atoms with Crippen LogP contribution in [0.2, 0.25) is 0 Å². The summed E-state index contributed by atoms with van der Waals surface area (Å²) in [4.78, 5) is 0. The highest BCUT2D eigenvalue weighted by molar-refractivity contribution is 7.94. The van der Waals surface area contributed by atoms with Gasteiger partial charge in [-0.05, 0) is 38.5 Å². The van der Waals surface area contributed by atoms with E-state index in [0.717, 1.165) is 12.8 Å². The van der Waals surface area contributed by atoms with Crippen LogP contribution in [0.25, 0.3) is 0 Å². The Labute approximate surface area is 99.2 Å². The molecular formula is C12H24O3S. The zero-order valence-corrected chi connectivity index (χ0v) is 11.8. The first kappa shape index (κ1) is 14.0. The normalized spacial score (nSPS) is 20.9. The Morgan fingerprint density at radius 1 is 1.12 bits per heavy atom. The molecule has 0 bridgehead atoms. The molecule has 4 heteroatoms. The van der Waals surface area contributed by atoms with Crippen LogP contribution in [0.3, 0.4) is 0 Å². The molecule has 0 amide bonds.